The van der Waals surface area contributed by atoms with E-state index in [1.807, 2.05) is 0 Å². The fraction of sp³-hybridized carbons (Fsp3) is 0.385. The van der Waals surface area contributed by atoms with Crippen molar-refractivity contribution in [2.24, 2.45) is 0 Å². The monoisotopic (exact) mass is 313 g/mol. The predicted octanol–water partition coefficient (Wildman–Crippen LogP) is 5.92. The Kier molecular flexibility index (Phi) is 4.23. The molecule has 1 atom stereocenters. The van der Waals surface area contributed by atoms with Crippen LogP contribution in [0.3, 0.4) is 0 Å². The number of fused-ring (bicyclic) bond motifs is 1. The topological polar surface area (TPSA) is 0 Å². The molecule has 106 valence electrons. The van der Waals surface area contributed by atoms with Crippen LogP contribution in [0.1, 0.15) is 25.6 Å². The van der Waals surface area contributed by atoms with Crippen LogP contribution >= 0.6 is 22.9 Å². The summed E-state index contributed by atoms with van der Waals surface area (Å²) in [6, 6.07) is 5.15. The van der Waals surface area contributed by atoms with Crippen LogP contribution in [0, 0.1) is 5.82 Å². The van der Waals surface area contributed by atoms with E-state index >= 15 is 0 Å². The normalized spacial score (nSPS) is 13.5. The molecule has 0 saturated heterocycles. The van der Waals surface area contributed by atoms with Gasteiger partial charge in [0.2, 0.25) is 0 Å². The van der Waals surface area contributed by atoms with Gasteiger partial charge in [-0.05, 0) is 12.1 Å². The molecule has 0 aliphatic heterocycles. The summed E-state index contributed by atoms with van der Waals surface area (Å²) in [6.07, 6.45) is 0. The molecular formula is C13H14ClF4S+. The number of hydrogen-bond donors (Lipinski definition) is 0. The Morgan fingerprint density at radius 1 is 1.00 bits per heavy atom. The van der Waals surface area contributed by atoms with Crippen molar-refractivity contribution in [2.45, 2.75) is 31.7 Å². The van der Waals surface area contributed by atoms with E-state index in [1.165, 1.54) is 12.1 Å². The van der Waals surface area contributed by atoms with E-state index in [1.54, 1.807) is 26.8 Å². The van der Waals surface area contributed by atoms with Crippen LogP contribution in [-0.2, 0) is 10.9 Å². The average molecular weight is 314 g/mol. The van der Waals surface area contributed by atoms with Crippen LogP contribution in [0.25, 0.3) is 10.1 Å². The van der Waals surface area contributed by atoms with Crippen molar-refractivity contribution in [2.75, 3.05) is 0 Å². The Morgan fingerprint density at radius 2 is 1.58 bits per heavy atom. The van der Waals surface area contributed by atoms with E-state index in [2.05, 4.69) is 0 Å². The van der Waals surface area contributed by atoms with E-state index in [4.69, 9.17) is 0 Å². The number of rotatable bonds is 0. The number of alkyl halides is 3. The predicted molar refractivity (Wildman–Crippen MR) is 73.6 cm³/mol. The van der Waals surface area contributed by atoms with E-state index < -0.39 is 27.2 Å². The van der Waals surface area contributed by atoms with Gasteiger partial charge >= 0.3 is 5.51 Å². The van der Waals surface area contributed by atoms with Crippen molar-refractivity contribution in [1.82, 2.24) is 0 Å². The minimum atomic E-state index is -4.36. The Bertz CT molecular complexity index is 593. The summed E-state index contributed by atoms with van der Waals surface area (Å²) in [5.74, 6) is -0.626. The molecule has 2 aromatic rings. The zero-order valence-electron chi connectivity index (χ0n) is 10.6. The van der Waals surface area contributed by atoms with Crippen molar-refractivity contribution < 1.29 is 17.6 Å². The van der Waals surface area contributed by atoms with Gasteiger partial charge < -0.3 is 0 Å². The standard InChI is InChI=1S/C13H13F4S.ClH/c1-12(2,3)11-6-8-4-5-9(14)7-10(8)18(11)13(15,16)17;/h4-7H,1-3H3;1H/q+1;. The molecular weight excluding hydrogens is 300 g/mol. The first-order valence-corrected chi connectivity index (χ1v) is 6.66. The summed E-state index contributed by atoms with van der Waals surface area (Å²) in [5, 5.41) is 0.474. The lowest BCUT2D eigenvalue weighted by atomic mass is 9.94. The molecule has 0 nitrogen and oxygen atoms in total. The lowest BCUT2D eigenvalue weighted by Gasteiger charge is -2.13. The molecule has 0 N–H and O–H groups in total. The van der Waals surface area contributed by atoms with Gasteiger partial charge in [0.25, 0.3) is 0 Å². The molecule has 1 unspecified atom stereocenters. The number of benzene rings is 1. The Hall–Kier alpha value is -0.810. The van der Waals surface area contributed by atoms with Crippen LogP contribution in [0.5, 0.6) is 0 Å². The molecule has 0 amide bonds. The first kappa shape index (κ1) is 16.2. The highest BCUT2D eigenvalue weighted by atomic mass is 35.5. The Balaban J connectivity index is 0.00000180. The first-order chi connectivity index (χ1) is 8.10. The third-order valence-corrected chi connectivity index (χ3v) is 5.10. The van der Waals surface area contributed by atoms with Gasteiger partial charge in [0.15, 0.2) is 9.58 Å². The van der Waals surface area contributed by atoms with E-state index in [0.717, 1.165) is 6.07 Å². The number of hydrogen-bond acceptors (Lipinski definition) is 0. The van der Waals surface area contributed by atoms with Gasteiger partial charge in [-0.2, -0.15) is 0 Å². The van der Waals surface area contributed by atoms with E-state index in [0.29, 0.717) is 10.3 Å². The zero-order valence-corrected chi connectivity index (χ0v) is 12.3. The third-order valence-electron chi connectivity index (χ3n) is 2.67. The van der Waals surface area contributed by atoms with Gasteiger partial charge in [0.1, 0.15) is 5.82 Å². The van der Waals surface area contributed by atoms with Crippen LogP contribution in [-0.4, -0.2) is 0 Å². The van der Waals surface area contributed by atoms with Crippen molar-refractivity contribution in [1.29, 1.82) is 0 Å². The molecule has 1 aromatic heterocycles. The number of halogens is 5. The second-order valence-electron chi connectivity index (χ2n) is 5.19. The maximum Gasteiger partial charge on any atom is 0.600 e. The van der Waals surface area contributed by atoms with Crippen LogP contribution in [0.4, 0.5) is 17.6 Å². The van der Waals surface area contributed by atoms with Crippen molar-refractivity contribution in [3.8, 4) is 0 Å². The second-order valence-corrected chi connectivity index (χ2v) is 7.15. The minimum absolute atomic E-state index is 0. The molecule has 0 aliphatic carbocycles. The smallest absolute Gasteiger partial charge is 0.207 e. The maximum atomic E-state index is 13.2. The van der Waals surface area contributed by atoms with E-state index in [-0.39, 0.29) is 17.1 Å². The molecule has 0 bridgehead atoms. The maximum absolute atomic E-state index is 13.2. The summed E-state index contributed by atoms with van der Waals surface area (Å²) < 4.78 is 52.8. The van der Waals surface area contributed by atoms with Gasteiger partial charge in [-0.1, -0.05) is 20.8 Å². The molecule has 0 aliphatic rings. The summed E-state index contributed by atoms with van der Waals surface area (Å²) in [4.78, 5) is 0.315. The SMILES string of the molecule is CC(C)(C)c1cc2ccc(F)cc2[s+]1C(F)(F)F.Cl. The average Bonchev–Trinajstić information content (AvgIpc) is 2.54. The van der Waals surface area contributed by atoms with Crippen molar-refractivity contribution in [3.05, 3.63) is 35.0 Å². The molecule has 0 saturated carbocycles. The Labute approximate surface area is 117 Å². The van der Waals surface area contributed by atoms with Gasteiger partial charge in [0, 0.05) is 22.9 Å². The number of thiophene rings is 1. The lowest BCUT2D eigenvalue weighted by molar-refractivity contribution is -0.0869. The van der Waals surface area contributed by atoms with Crippen LogP contribution in [0.15, 0.2) is 24.3 Å². The highest BCUT2D eigenvalue weighted by Crippen LogP contribution is 2.54. The molecule has 0 spiro atoms. The lowest BCUT2D eigenvalue weighted by Crippen LogP contribution is -2.12. The van der Waals surface area contributed by atoms with Gasteiger partial charge in [0.05, 0.1) is 10.5 Å². The molecule has 0 fully saturated rings. The molecule has 1 aromatic carbocycles. The highest BCUT2D eigenvalue weighted by Gasteiger charge is 2.50. The third kappa shape index (κ3) is 3.03. The molecule has 2 rings (SSSR count). The Morgan fingerprint density at radius 3 is 2.05 bits per heavy atom. The van der Waals surface area contributed by atoms with Gasteiger partial charge in [-0.15, -0.1) is 25.6 Å². The summed E-state index contributed by atoms with van der Waals surface area (Å²) in [7, 11) is -2.02. The van der Waals surface area contributed by atoms with Crippen molar-refractivity contribution in [3.63, 3.8) is 0 Å². The second kappa shape index (κ2) is 4.94. The molecule has 19 heavy (non-hydrogen) atoms. The minimum Gasteiger partial charge on any atom is -0.207 e. The molecule has 6 heteroatoms. The van der Waals surface area contributed by atoms with Crippen LogP contribution < -0.4 is 0 Å². The fourth-order valence-electron chi connectivity index (χ4n) is 1.89. The molecule has 0 radical (unpaired) electrons. The van der Waals surface area contributed by atoms with Gasteiger partial charge in [-0.25, -0.2) is 4.39 Å². The zero-order chi connectivity index (χ0) is 13.7. The summed E-state index contributed by atoms with van der Waals surface area (Å²) >= 11 is 0. The fourth-order valence-corrected chi connectivity index (χ4v) is 4.08. The largest absolute Gasteiger partial charge is 0.600 e. The van der Waals surface area contributed by atoms with Gasteiger partial charge in [-0.3, -0.25) is 0 Å². The quantitative estimate of drug-likeness (QED) is 0.418. The van der Waals surface area contributed by atoms with Crippen molar-refractivity contribution >= 4 is 33.0 Å². The van der Waals surface area contributed by atoms with Crippen LogP contribution in [0.2, 0.25) is 0 Å². The van der Waals surface area contributed by atoms with E-state index in [9.17, 15) is 17.6 Å². The summed E-state index contributed by atoms with van der Waals surface area (Å²) in [6.45, 7) is 5.23. The molecule has 1 heterocycles. The summed E-state index contributed by atoms with van der Waals surface area (Å²) in [5.41, 5.74) is -4.95. The first-order valence-electron chi connectivity index (χ1n) is 5.43. The highest BCUT2D eigenvalue weighted by molar-refractivity contribution is 7.38.